The van der Waals surface area contributed by atoms with E-state index in [2.05, 4.69) is 10.6 Å². The molecule has 0 spiro atoms. The molecule has 0 saturated carbocycles. The van der Waals surface area contributed by atoms with Crippen molar-refractivity contribution in [1.29, 1.82) is 0 Å². The van der Waals surface area contributed by atoms with Crippen molar-refractivity contribution in [2.24, 2.45) is 0 Å². The first-order valence-corrected chi connectivity index (χ1v) is 8.05. The first kappa shape index (κ1) is 18.4. The van der Waals surface area contributed by atoms with Crippen molar-refractivity contribution in [3.05, 3.63) is 24.3 Å². The van der Waals surface area contributed by atoms with Crippen LogP contribution in [0.15, 0.2) is 24.3 Å². The van der Waals surface area contributed by atoms with Crippen molar-refractivity contribution < 1.29 is 23.8 Å². The summed E-state index contributed by atoms with van der Waals surface area (Å²) in [7, 11) is 1.46. The van der Waals surface area contributed by atoms with Crippen LogP contribution in [-0.2, 0) is 23.8 Å². The third-order valence-electron chi connectivity index (χ3n) is 3.53. The van der Waals surface area contributed by atoms with Crippen LogP contribution in [0.4, 0.5) is 11.4 Å². The average molecular weight is 336 g/mol. The van der Waals surface area contributed by atoms with Gasteiger partial charge in [-0.2, -0.15) is 0 Å². The first-order valence-electron chi connectivity index (χ1n) is 8.05. The minimum Gasteiger partial charge on any atom is -0.378 e. The van der Waals surface area contributed by atoms with Gasteiger partial charge in [0.05, 0.1) is 25.7 Å². The monoisotopic (exact) mass is 336 g/mol. The van der Waals surface area contributed by atoms with Crippen molar-refractivity contribution in [1.82, 2.24) is 0 Å². The standard InChI is InChI=1S/C17H24N2O5/c1-22-12-17(21)19-14-6-4-13(5-7-14)18-16(20)8-10-23-11-15-3-2-9-24-15/h4-7,15H,2-3,8-12H2,1H3,(H,18,20)(H,19,21). The zero-order valence-electron chi connectivity index (χ0n) is 13.9. The molecule has 2 rings (SSSR count). The average Bonchev–Trinajstić information content (AvgIpc) is 3.07. The number of hydrogen-bond acceptors (Lipinski definition) is 5. The number of rotatable bonds is 9. The number of anilines is 2. The second-order valence-corrected chi connectivity index (χ2v) is 5.57. The Morgan fingerprint density at radius 2 is 1.83 bits per heavy atom. The molecule has 1 aliphatic heterocycles. The van der Waals surface area contributed by atoms with E-state index in [0.29, 0.717) is 31.0 Å². The first-order chi connectivity index (χ1) is 11.7. The van der Waals surface area contributed by atoms with Crippen LogP contribution in [0.3, 0.4) is 0 Å². The lowest BCUT2D eigenvalue weighted by atomic mass is 10.2. The summed E-state index contributed by atoms with van der Waals surface area (Å²) in [5.41, 5.74) is 1.32. The van der Waals surface area contributed by atoms with E-state index in [1.54, 1.807) is 24.3 Å². The molecule has 7 nitrogen and oxygen atoms in total. The Hall–Kier alpha value is -1.96. The third-order valence-corrected chi connectivity index (χ3v) is 3.53. The highest BCUT2D eigenvalue weighted by Gasteiger charge is 2.15. The fourth-order valence-corrected chi connectivity index (χ4v) is 2.34. The lowest BCUT2D eigenvalue weighted by Crippen LogP contribution is -2.18. The lowest BCUT2D eigenvalue weighted by molar-refractivity contribution is -0.119. The van der Waals surface area contributed by atoms with Crippen LogP contribution in [0, 0.1) is 0 Å². The Kier molecular flexibility index (Phi) is 7.67. The van der Waals surface area contributed by atoms with Crippen molar-refractivity contribution in [2.45, 2.75) is 25.4 Å². The van der Waals surface area contributed by atoms with Gasteiger partial charge < -0.3 is 24.8 Å². The van der Waals surface area contributed by atoms with Crippen molar-refractivity contribution in [2.75, 3.05) is 44.2 Å². The molecular weight excluding hydrogens is 312 g/mol. The maximum atomic E-state index is 11.8. The molecule has 1 aromatic carbocycles. The minimum atomic E-state index is -0.224. The molecule has 1 aliphatic rings. The molecule has 0 bridgehead atoms. The van der Waals surface area contributed by atoms with E-state index in [-0.39, 0.29) is 24.5 Å². The van der Waals surface area contributed by atoms with Gasteiger partial charge in [0.2, 0.25) is 11.8 Å². The number of amides is 2. The predicted octanol–water partition coefficient (Wildman–Crippen LogP) is 1.80. The third kappa shape index (κ3) is 6.66. The van der Waals surface area contributed by atoms with Crippen LogP contribution in [-0.4, -0.2) is 51.5 Å². The second-order valence-electron chi connectivity index (χ2n) is 5.57. The SMILES string of the molecule is COCC(=O)Nc1ccc(NC(=O)CCOCC2CCCO2)cc1. The molecule has 2 N–H and O–H groups in total. The van der Waals surface area contributed by atoms with Gasteiger partial charge in [0.15, 0.2) is 0 Å². The summed E-state index contributed by atoms with van der Waals surface area (Å²) in [6, 6.07) is 6.90. The summed E-state index contributed by atoms with van der Waals surface area (Å²) < 4.78 is 15.7. The van der Waals surface area contributed by atoms with Gasteiger partial charge in [0.1, 0.15) is 6.61 Å². The summed E-state index contributed by atoms with van der Waals surface area (Å²) in [4.78, 5) is 23.2. The number of benzene rings is 1. The summed E-state index contributed by atoms with van der Waals surface area (Å²) >= 11 is 0. The molecule has 0 aliphatic carbocycles. The molecule has 24 heavy (non-hydrogen) atoms. The molecule has 7 heteroatoms. The summed E-state index contributed by atoms with van der Waals surface area (Å²) in [6.45, 7) is 1.72. The van der Waals surface area contributed by atoms with Crippen molar-refractivity contribution in [3.63, 3.8) is 0 Å². The van der Waals surface area contributed by atoms with Gasteiger partial charge in [-0.1, -0.05) is 0 Å². The fourth-order valence-electron chi connectivity index (χ4n) is 2.34. The number of nitrogens with one attached hydrogen (secondary N) is 2. The van der Waals surface area contributed by atoms with Crippen LogP contribution in [0.5, 0.6) is 0 Å². The second kappa shape index (κ2) is 10.0. The maximum Gasteiger partial charge on any atom is 0.250 e. The zero-order chi connectivity index (χ0) is 17.2. The fraction of sp³-hybridized carbons (Fsp3) is 0.529. The van der Waals surface area contributed by atoms with E-state index >= 15 is 0 Å². The van der Waals surface area contributed by atoms with Crippen molar-refractivity contribution in [3.8, 4) is 0 Å². The van der Waals surface area contributed by atoms with Gasteiger partial charge >= 0.3 is 0 Å². The Bertz CT molecular complexity index is 526. The van der Waals surface area contributed by atoms with E-state index in [9.17, 15) is 9.59 Å². The van der Waals surface area contributed by atoms with Crippen LogP contribution in [0.2, 0.25) is 0 Å². The van der Waals surface area contributed by atoms with Gasteiger partial charge in [0.25, 0.3) is 0 Å². The molecular formula is C17H24N2O5. The van der Waals surface area contributed by atoms with Gasteiger partial charge in [0, 0.05) is 25.1 Å². The van der Waals surface area contributed by atoms with E-state index in [0.717, 1.165) is 19.4 Å². The smallest absolute Gasteiger partial charge is 0.250 e. The predicted molar refractivity (Wildman–Crippen MR) is 90.0 cm³/mol. The normalized spacial score (nSPS) is 16.8. The largest absolute Gasteiger partial charge is 0.378 e. The number of methoxy groups -OCH3 is 1. The topological polar surface area (TPSA) is 85.9 Å². The van der Waals surface area contributed by atoms with E-state index in [1.165, 1.54) is 7.11 Å². The Morgan fingerprint density at radius 3 is 2.42 bits per heavy atom. The van der Waals surface area contributed by atoms with E-state index in [1.807, 2.05) is 0 Å². The number of carbonyl (C=O) groups excluding carboxylic acids is 2. The summed E-state index contributed by atoms with van der Waals surface area (Å²) in [6.07, 6.45) is 2.57. The quantitative estimate of drug-likeness (QED) is 0.672. The summed E-state index contributed by atoms with van der Waals surface area (Å²) in [5, 5.41) is 5.47. The molecule has 1 atom stereocenters. The minimum absolute atomic E-state index is 0.00435. The number of hydrogen-bond donors (Lipinski definition) is 2. The molecule has 132 valence electrons. The van der Waals surface area contributed by atoms with Crippen LogP contribution in [0.1, 0.15) is 19.3 Å². The molecule has 1 aromatic rings. The highest BCUT2D eigenvalue weighted by atomic mass is 16.5. The number of carbonyl (C=O) groups is 2. The van der Waals surface area contributed by atoms with Crippen LogP contribution >= 0.6 is 0 Å². The van der Waals surface area contributed by atoms with Crippen molar-refractivity contribution >= 4 is 23.2 Å². The summed E-state index contributed by atoms with van der Waals surface area (Å²) in [5.74, 6) is -0.337. The lowest BCUT2D eigenvalue weighted by Gasteiger charge is -2.10. The van der Waals surface area contributed by atoms with E-state index < -0.39 is 0 Å². The number of ether oxygens (including phenoxy) is 3. The molecule has 0 aromatic heterocycles. The highest BCUT2D eigenvalue weighted by molar-refractivity contribution is 5.93. The van der Waals surface area contributed by atoms with Crippen LogP contribution in [0.25, 0.3) is 0 Å². The van der Waals surface area contributed by atoms with Gasteiger partial charge in [-0.15, -0.1) is 0 Å². The highest BCUT2D eigenvalue weighted by Crippen LogP contribution is 2.14. The molecule has 2 amide bonds. The van der Waals surface area contributed by atoms with Gasteiger partial charge in [-0.3, -0.25) is 9.59 Å². The molecule has 0 radical (unpaired) electrons. The molecule has 1 heterocycles. The molecule has 1 saturated heterocycles. The van der Waals surface area contributed by atoms with E-state index in [4.69, 9.17) is 14.2 Å². The Labute approximate surface area is 141 Å². The van der Waals surface area contributed by atoms with Gasteiger partial charge in [-0.25, -0.2) is 0 Å². The molecule has 1 unspecified atom stereocenters. The maximum absolute atomic E-state index is 11.8. The van der Waals surface area contributed by atoms with Gasteiger partial charge in [-0.05, 0) is 37.1 Å². The molecule has 1 fully saturated rings. The Balaban J connectivity index is 1.64. The zero-order valence-corrected chi connectivity index (χ0v) is 13.9. The Morgan fingerprint density at radius 1 is 1.17 bits per heavy atom. The van der Waals surface area contributed by atoms with Crippen LogP contribution < -0.4 is 10.6 Å².